The smallest absolute Gasteiger partial charge is 0.154 e. The van der Waals surface area contributed by atoms with E-state index >= 15 is 0 Å². The van der Waals surface area contributed by atoms with Gasteiger partial charge in [-0.25, -0.2) is 0 Å². The van der Waals surface area contributed by atoms with E-state index in [2.05, 4.69) is 5.32 Å². The molecule has 0 atom stereocenters. The molecule has 0 unspecified atom stereocenters. The summed E-state index contributed by atoms with van der Waals surface area (Å²) in [6.07, 6.45) is 7.62. The number of ketones is 1. The molecule has 0 aromatic rings. The summed E-state index contributed by atoms with van der Waals surface area (Å²) >= 11 is 0. The molecule has 82 valence electrons. The fourth-order valence-electron chi connectivity index (χ4n) is 5.36. The van der Waals surface area contributed by atoms with Crippen molar-refractivity contribution in [3.8, 4) is 0 Å². The second-order valence-electron chi connectivity index (χ2n) is 6.27. The number of rotatable bonds is 0. The summed E-state index contributed by atoms with van der Waals surface area (Å²) in [6, 6.07) is 0. The Bertz CT molecular complexity index is 294. The lowest BCUT2D eigenvalue weighted by Gasteiger charge is -2.59. The molecule has 5 aliphatic rings. The summed E-state index contributed by atoms with van der Waals surface area (Å²) in [7, 11) is 0. The van der Waals surface area contributed by atoms with Crippen LogP contribution in [0, 0.1) is 23.7 Å². The number of hydrogen-bond acceptors (Lipinski definition) is 2. The van der Waals surface area contributed by atoms with Crippen molar-refractivity contribution in [1.82, 2.24) is 5.32 Å². The van der Waals surface area contributed by atoms with Crippen LogP contribution in [0.2, 0.25) is 0 Å². The first-order chi connectivity index (χ1) is 7.29. The second-order valence-corrected chi connectivity index (χ2v) is 6.27. The molecule has 0 aromatic carbocycles. The van der Waals surface area contributed by atoms with E-state index in [0.29, 0.717) is 17.6 Å². The molecular weight excluding hydrogens is 186 g/mol. The minimum absolute atomic E-state index is 0.0343. The Labute approximate surface area is 90.8 Å². The highest BCUT2D eigenvalue weighted by atomic mass is 16.1. The molecule has 4 saturated carbocycles. The summed E-state index contributed by atoms with van der Waals surface area (Å²) < 4.78 is 0. The summed E-state index contributed by atoms with van der Waals surface area (Å²) in [5, 5.41) is 3.62. The van der Waals surface area contributed by atoms with E-state index in [-0.39, 0.29) is 5.54 Å². The highest BCUT2D eigenvalue weighted by Gasteiger charge is 2.61. The van der Waals surface area contributed by atoms with Crippen molar-refractivity contribution in [3.05, 3.63) is 0 Å². The van der Waals surface area contributed by atoms with Crippen molar-refractivity contribution in [3.63, 3.8) is 0 Å². The molecule has 0 radical (unpaired) electrons. The molecule has 4 bridgehead atoms. The first kappa shape index (κ1) is 8.74. The minimum atomic E-state index is -0.0343. The Hall–Kier alpha value is -0.370. The predicted molar refractivity (Wildman–Crippen MR) is 57.4 cm³/mol. The number of hydrogen-bond donors (Lipinski definition) is 1. The average molecular weight is 205 g/mol. The summed E-state index contributed by atoms with van der Waals surface area (Å²) in [5.41, 5.74) is -0.0343. The lowest BCUT2D eigenvalue weighted by molar-refractivity contribution is -0.138. The van der Waals surface area contributed by atoms with Crippen LogP contribution >= 0.6 is 0 Å². The molecule has 1 aliphatic heterocycles. The lowest BCUT2D eigenvalue weighted by atomic mass is 9.48. The van der Waals surface area contributed by atoms with E-state index in [0.717, 1.165) is 24.8 Å². The molecule has 5 rings (SSSR count). The summed E-state index contributed by atoms with van der Waals surface area (Å²) in [5.74, 6) is 3.88. The highest BCUT2D eigenvalue weighted by Crippen LogP contribution is 2.59. The van der Waals surface area contributed by atoms with Crippen LogP contribution < -0.4 is 5.32 Å². The molecule has 1 N–H and O–H groups in total. The third-order valence-electron chi connectivity index (χ3n) is 5.66. The van der Waals surface area contributed by atoms with Gasteiger partial charge < -0.3 is 5.32 Å². The Morgan fingerprint density at radius 1 is 1.00 bits per heavy atom. The highest BCUT2D eigenvalue weighted by molar-refractivity contribution is 5.91. The second kappa shape index (κ2) is 2.65. The Kier molecular flexibility index (Phi) is 1.55. The molecule has 4 aliphatic carbocycles. The van der Waals surface area contributed by atoms with E-state index in [4.69, 9.17) is 0 Å². The standard InChI is InChI=1S/C13H19NO/c15-12-1-2-14-13(12)10-4-8-3-9(6-10)7-11(13)5-8/h8-11,14H,1-7H2. The molecule has 2 nitrogen and oxygen atoms in total. The van der Waals surface area contributed by atoms with E-state index in [1.54, 1.807) is 0 Å². The van der Waals surface area contributed by atoms with Gasteiger partial charge in [0, 0.05) is 13.0 Å². The van der Waals surface area contributed by atoms with Gasteiger partial charge >= 0.3 is 0 Å². The Morgan fingerprint density at radius 3 is 2.07 bits per heavy atom. The zero-order valence-corrected chi connectivity index (χ0v) is 9.17. The maximum atomic E-state index is 12.2. The van der Waals surface area contributed by atoms with Crippen molar-refractivity contribution in [2.24, 2.45) is 23.7 Å². The average Bonchev–Trinajstić information content (AvgIpc) is 2.57. The van der Waals surface area contributed by atoms with Gasteiger partial charge in [0.05, 0.1) is 5.54 Å². The third-order valence-corrected chi connectivity index (χ3v) is 5.66. The van der Waals surface area contributed by atoms with Gasteiger partial charge in [-0.2, -0.15) is 0 Å². The summed E-state index contributed by atoms with van der Waals surface area (Å²) in [6.45, 7) is 0.946. The zero-order chi connectivity index (χ0) is 10.0. The van der Waals surface area contributed by atoms with Crippen molar-refractivity contribution >= 4 is 5.78 Å². The van der Waals surface area contributed by atoms with E-state index in [1.165, 1.54) is 32.1 Å². The first-order valence-electron chi connectivity index (χ1n) is 6.57. The van der Waals surface area contributed by atoms with Crippen LogP contribution in [0.4, 0.5) is 0 Å². The van der Waals surface area contributed by atoms with Gasteiger partial charge in [-0.05, 0) is 55.8 Å². The van der Waals surface area contributed by atoms with Crippen LogP contribution in [0.3, 0.4) is 0 Å². The van der Waals surface area contributed by atoms with Crippen molar-refractivity contribution in [2.75, 3.05) is 6.54 Å². The number of carbonyl (C=O) groups excluding carboxylic acids is 1. The van der Waals surface area contributed by atoms with Crippen LogP contribution in [-0.4, -0.2) is 17.9 Å². The topological polar surface area (TPSA) is 29.1 Å². The van der Waals surface area contributed by atoms with Crippen LogP contribution in [0.25, 0.3) is 0 Å². The SMILES string of the molecule is O=C1CCNC12C1CC3CC(C1)CC2C3. The molecule has 0 aromatic heterocycles. The molecule has 2 heteroatoms. The monoisotopic (exact) mass is 205 g/mol. The normalized spacial score (nSPS) is 56.9. The largest absolute Gasteiger partial charge is 0.304 e. The van der Waals surface area contributed by atoms with Gasteiger partial charge in [0.1, 0.15) is 0 Å². The van der Waals surface area contributed by atoms with Gasteiger partial charge in [-0.1, -0.05) is 0 Å². The number of carbonyl (C=O) groups is 1. The molecular formula is C13H19NO. The number of nitrogens with one attached hydrogen (secondary N) is 1. The van der Waals surface area contributed by atoms with Crippen molar-refractivity contribution < 1.29 is 4.79 Å². The van der Waals surface area contributed by atoms with Crippen LogP contribution in [-0.2, 0) is 4.79 Å². The minimum Gasteiger partial charge on any atom is -0.304 e. The number of Topliss-reactive ketones (excluding diaryl/α,β-unsaturated/α-hetero) is 1. The predicted octanol–water partition coefficient (Wildman–Crippen LogP) is 1.74. The molecule has 1 heterocycles. The van der Waals surface area contributed by atoms with Crippen LogP contribution in [0.15, 0.2) is 0 Å². The van der Waals surface area contributed by atoms with E-state index in [9.17, 15) is 4.79 Å². The summed E-state index contributed by atoms with van der Waals surface area (Å²) in [4.78, 5) is 12.2. The quantitative estimate of drug-likeness (QED) is 0.652. The molecule has 0 amide bonds. The van der Waals surface area contributed by atoms with Crippen molar-refractivity contribution in [2.45, 2.75) is 44.1 Å². The van der Waals surface area contributed by atoms with Gasteiger partial charge in [0.25, 0.3) is 0 Å². The maximum absolute atomic E-state index is 12.2. The Morgan fingerprint density at radius 2 is 1.60 bits per heavy atom. The first-order valence-corrected chi connectivity index (χ1v) is 6.57. The fourth-order valence-corrected chi connectivity index (χ4v) is 5.36. The lowest BCUT2D eigenvalue weighted by Crippen LogP contribution is -2.65. The molecule has 1 spiro atoms. The van der Waals surface area contributed by atoms with Crippen LogP contribution in [0.5, 0.6) is 0 Å². The van der Waals surface area contributed by atoms with Crippen LogP contribution in [0.1, 0.15) is 38.5 Å². The molecule has 5 fully saturated rings. The van der Waals surface area contributed by atoms with Gasteiger partial charge in [0.15, 0.2) is 5.78 Å². The maximum Gasteiger partial charge on any atom is 0.154 e. The molecule has 1 saturated heterocycles. The molecule has 15 heavy (non-hydrogen) atoms. The van der Waals surface area contributed by atoms with Gasteiger partial charge in [0.2, 0.25) is 0 Å². The third kappa shape index (κ3) is 0.926. The van der Waals surface area contributed by atoms with E-state index in [1.807, 2.05) is 0 Å². The zero-order valence-electron chi connectivity index (χ0n) is 9.17. The Balaban J connectivity index is 1.78. The van der Waals surface area contributed by atoms with Crippen molar-refractivity contribution in [1.29, 1.82) is 0 Å². The fraction of sp³-hybridized carbons (Fsp3) is 0.923. The van der Waals surface area contributed by atoms with Gasteiger partial charge in [-0.3, -0.25) is 4.79 Å². The van der Waals surface area contributed by atoms with E-state index < -0.39 is 0 Å². The van der Waals surface area contributed by atoms with Gasteiger partial charge in [-0.15, -0.1) is 0 Å².